The normalized spacial score (nSPS) is 11.7. The highest BCUT2D eigenvalue weighted by molar-refractivity contribution is 5.94. The van der Waals surface area contributed by atoms with Gasteiger partial charge >= 0.3 is 0 Å². The van der Waals surface area contributed by atoms with Gasteiger partial charge in [-0.2, -0.15) is 5.10 Å². The lowest BCUT2D eigenvalue weighted by molar-refractivity contribution is -0.119. The Morgan fingerprint density at radius 3 is 2.44 bits per heavy atom. The number of rotatable bonds is 6. The van der Waals surface area contributed by atoms with Crippen LogP contribution in [0.15, 0.2) is 53.3 Å². The van der Waals surface area contributed by atoms with E-state index in [0.717, 1.165) is 22.3 Å². The van der Waals surface area contributed by atoms with Crippen LogP contribution in [-0.2, 0) is 9.59 Å². The van der Waals surface area contributed by atoms with Crippen LogP contribution in [0.2, 0.25) is 0 Å². The molecule has 0 aliphatic carbocycles. The Kier molecular flexibility index (Phi) is 6.88. The van der Waals surface area contributed by atoms with E-state index in [9.17, 15) is 14.4 Å². The van der Waals surface area contributed by atoms with Crippen LogP contribution < -0.4 is 16.2 Å². The molecule has 2 aromatic carbocycles. The topological polar surface area (TPSA) is 93.1 Å². The third-order valence-corrected chi connectivity index (χ3v) is 5.56. The number of anilines is 2. The number of benzene rings is 2. The second kappa shape index (κ2) is 9.60. The fourth-order valence-electron chi connectivity index (χ4n) is 3.25. The van der Waals surface area contributed by atoms with Crippen molar-refractivity contribution in [3.63, 3.8) is 0 Å². The SMILES string of the molecule is CCC(=O)Nc1cc(-c2ccc(=O)n(C(C)C(=O)Nc3cccc(C)c3C)n2)ccc1C. The fraction of sp³-hybridized carbons (Fsp3) is 0.280. The molecule has 0 saturated carbocycles. The van der Waals surface area contributed by atoms with Gasteiger partial charge in [0.2, 0.25) is 11.8 Å². The Balaban J connectivity index is 1.91. The molecule has 32 heavy (non-hydrogen) atoms. The molecular weight excluding hydrogens is 404 g/mol. The number of nitrogens with zero attached hydrogens (tertiary/aromatic N) is 2. The minimum atomic E-state index is -0.813. The van der Waals surface area contributed by atoms with Crippen LogP contribution in [-0.4, -0.2) is 21.6 Å². The summed E-state index contributed by atoms with van der Waals surface area (Å²) in [5.74, 6) is -0.412. The highest BCUT2D eigenvalue weighted by Gasteiger charge is 2.19. The molecule has 0 aliphatic heterocycles. The molecule has 166 valence electrons. The van der Waals surface area contributed by atoms with Gasteiger partial charge in [0.25, 0.3) is 5.56 Å². The zero-order valence-electron chi connectivity index (χ0n) is 19.0. The Morgan fingerprint density at radius 1 is 0.969 bits per heavy atom. The van der Waals surface area contributed by atoms with Crippen molar-refractivity contribution in [2.24, 2.45) is 0 Å². The molecule has 3 aromatic rings. The van der Waals surface area contributed by atoms with Gasteiger partial charge in [-0.15, -0.1) is 0 Å². The molecule has 0 bridgehead atoms. The minimum Gasteiger partial charge on any atom is -0.326 e. The van der Waals surface area contributed by atoms with Crippen molar-refractivity contribution in [1.29, 1.82) is 0 Å². The smallest absolute Gasteiger partial charge is 0.267 e. The van der Waals surface area contributed by atoms with Gasteiger partial charge < -0.3 is 10.6 Å². The maximum Gasteiger partial charge on any atom is 0.267 e. The van der Waals surface area contributed by atoms with Crippen molar-refractivity contribution in [2.75, 3.05) is 10.6 Å². The van der Waals surface area contributed by atoms with Gasteiger partial charge in [-0.25, -0.2) is 4.68 Å². The van der Waals surface area contributed by atoms with Gasteiger partial charge in [-0.05, 0) is 62.6 Å². The second-order valence-electron chi connectivity index (χ2n) is 7.85. The van der Waals surface area contributed by atoms with E-state index >= 15 is 0 Å². The number of nitrogens with one attached hydrogen (secondary N) is 2. The summed E-state index contributed by atoms with van der Waals surface area (Å²) in [6.45, 7) is 9.25. The summed E-state index contributed by atoms with van der Waals surface area (Å²) in [7, 11) is 0. The molecule has 2 amide bonds. The van der Waals surface area contributed by atoms with Crippen LogP contribution in [0.25, 0.3) is 11.3 Å². The molecule has 0 aliphatic rings. The summed E-state index contributed by atoms with van der Waals surface area (Å²) >= 11 is 0. The summed E-state index contributed by atoms with van der Waals surface area (Å²) in [6.07, 6.45) is 0.375. The van der Waals surface area contributed by atoms with Crippen molar-refractivity contribution >= 4 is 23.2 Å². The van der Waals surface area contributed by atoms with E-state index in [4.69, 9.17) is 0 Å². The van der Waals surface area contributed by atoms with Gasteiger partial charge in [0.05, 0.1) is 5.69 Å². The van der Waals surface area contributed by atoms with Crippen LogP contribution in [0.4, 0.5) is 11.4 Å². The lowest BCUT2D eigenvalue weighted by Crippen LogP contribution is -2.33. The first-order valence-corrected chi connectivity index (χ1v) is 10.6. The van der Waals surface area contributed by atoms with Gasteiger partial charge in [-0.1, -0.05) is 31.2 Å². The van der Waals surface area contributed by atoms with Crippen LogP contribution in [0.5, 0.6) is 0 Å². The highest BCUT2D eigenvalue weighted by atomic mass is 16.2. The molecule has 0 radical (unpaired) electrons. The Labute approximate surface area is 187 Å². The van der Waals surface area contributed by atoms with E-state index in [2.05, 4.69) is 15.7 Å². The van der Waals surface area contributed by atoms with E-state index in [1.807, 2.05) is 57.2 Å². The van der Waals surface area contributed by atoms with Crippen molar-refractivity contribution < 1.29 is 9.59 Å². The van der Waals surface area contributed by atoms with Gasteiger partial charge in [-0.3, -0.25) is 14.4 Å². The molecule has 1 aromatic heterocycles. The Bertz CT molecular complexity index is 1230. The first-order valence-electron chi connectivity index (χ1n) is 10.6. The molecule has 3 rings (SSSR count). The maximum absolute atomic E-state index is 12.9. The zero-order valence-corrected chi connectivity index (χ0v) is 19.0. The lowest BCUT2D eigenvalue weighted by atomic mass is 10.1. The number of carbonyl (C=O) groups is 2. The number of aryl methyl sites for hydroxylation is 2. The molecule has 1 atom stereocenters. The summed E-state index contributed by atoms with van der Waals surface area (Å²) in [4.78, 5) is 37.2. The average Bonchev–Trinajstić information content (AvgIpc) is 2.78. The predicted molar refractivity (Wildman–Crippen MR) is 127 cm³/mol. The van der Waals surface area contributed by atoms with Crippen molar-refractivity contribution in [1.82, 2.24) is 9.78 Å². The molecule has 0 fully saturated rings. The van der Waals surface area contributed by atoms with Crippen LogP contribution in [0.1, 0.15) is 43.0 Å². The van der Waals surface area contributed by atoms with Gasteiger partial charge in [0, 0.05) is 29.4 Å². The molecule has 7 heteroatoms. The molecule has 2 N–H and O–H groups in total. The zero-order chi connectivity index (χ0) is 23.4. The molecule has 0 spiro atoms. The summed E-state index contributed by atoms with van der Waals surface area (Å²) in [5, 5.41) is 10.2. The molecular formula is C25H28N4O3. The van der Waals surface area contributed by atoms with Crippen LogP contribution in [0, 0.1) is 20.8 Å². The number of hydrogen-bond donors (Lipinski definition) is 2. The van der Waals surface area contributed by atoms with E-state index in [0.29, 0.717) is 23.5 Å². The average molecular weight is 433 g/mol. The Morgan fingerprint density at radius 2 is 1.72 bits per heavy atom. The monoisotopic (exact) mass is 432 g/mol. The van der Waals surface area contributed by atoms with E-state index in [1.165, 1.54) is 10.7 Å². The molecule has 0 saturated heterocycles. The summed E-state index contributed by atoms with van der Waals surface area (Å²) in [6, 6.07) is 13.5. The third kappa shape index (κ3) is 4.94. The molecule has 7 nitrogen and oxygen atoms in total. The van der Waals surface area contributed by atoms with Crippen LogP contribution >= 0.6 is 0 Å². The largest absolute Gasteiger partial charge is 0.326 e. The van der Waals surface area contributed by atoms with E-state index in [-0.39, 0.29) is 17.4 Å². The minimum absolute atomic E-state index is 0.0834. The third-order valence-electron chi connectivity index (χ3n) is 5.56. The maximum atomic E-state index is 12.9. The summed E-state index contributed by atoms with van der Waals surface area (Å²) < 4.78 is 1.18. The highest BCUT2D eigenvalue weighted by Crippen LogP contribution is 2.24. The van der Waals surface area contributed by atoms with Gasteiger partial charge in [0.15, 0.2) is 0 Å². The lowest BCUT2D eigenvalue weighted by Gasteiger charge is -2.17. The van der Waals surface area contributed by atoms with Crippen molar-refractivity contribution in [2.45, 2.75) is 47.1 Å². The summed E-state index contributed by atoms with van der Waals surface area (Å²) in [5.41, 5.74) is 5.26. The van der Waals surface area contributed by atoms with E-state index in [1.54, 1.807) is 19.9 Å². The predicted octanol–water partition coefficient (Wildman–Crippen LogP) is 4.38. The first kappa shape index (κ1) is 22.9. The molecule has 1 heterocycles. The number of carbonyl (C=O) groups excluding carboxylic acids is 2. The fourth-order valence-corrected chi connectivity index (χ4v) is 3.25. The quantitative estimate of drug-likeness (QED) is 0.604. The number of hydrogen-bond acceptors (Lipinski definition) is 4. The van der Waals surface area contributed by atoms with Crippen molar-refractivity contribution in [3.8, 4) is 11.3 Å². The van der Waals surface area contributed by atoms with Crippen LogP contribution in [0.3, 0.4) is 0 Å². The van der Waals surface area contributed by atoms with Crippen molar-refractivity contribution in [3.05, 3.63) is 75.6 Å². The number of amides is 2. The first-order chi connectivity index (χ1) is 15.2. The second-order valence-corrected chi connectivity index (χ2v) is 7.85. The van der Waals surface area contributed by atoms with E-state index < -0.39 is 6.04 Å². The Hall–Kier alpha value is -3.74. The molecule has 1 unspecified atom stereocenters. The number of aromatic nitrogens is 2. The standard InChI is InChI=1S/C25H28N4O3/c1-6-23(30)26-22-14-19(11-10-16(22)3)21-12-13-24(31)29(28-21)18(5)25(32)27-20-9-7-8-15(2)17(20)4/h7-14,18H,6H2,1-5H3,(H,26,30)(H,27,32). The van der Waals surface area contributed by atoms with Gasteiger partial charge in [0.1, 0.15) is 6.04 Å².